The van der Waals surface area contributed by atoms with Crippen molar-refractivity contribution in [3.05, 3.63) is 47.8 Å². The third-order valence-electron chi connectivity index (χ3n) is 4.54. The molecule has 0 atom stereocenters. The molecule has 0 spiro atoms. The zero-order chi connectivity index (χ0) is 17.6. The van der Waals surface area contributed by atoms with E-state index in [9.17, 15) is 5.11 Å². The number of hydrogen-bond acceptors (Lipinski definition) is 6. The smallest absolute Gasteiger partial charge is 0.200 e. The molecule has 1 aromatic carbocycles. The topological polar surface area (TPSA) is 58.1 Å². The van der Waals surface area contributed by atoms with E-state index in [1.54, 1.807) is 14.2 Å². The van der Waals surface area contributed by atoms with E-state index in [2.05, 4.69) is 20.9 Å². The molecule has 1 N–H and O–H groups in total. The Hall–Kier alpha value is -2.31. The lowest BCUT2D eigenvalue weighted by atomic mass is 10.1. The van der Waals surface area contributed by atoms with E-state index in [0.717, 1.165) is 44.8 Å². The van der Waals surface area contributed by atoms with Crippen LogP contribution in [0.5, 0.6) is 17.2 Å². The van der Waals surface area contributed by atoms with Crippen LogP contribution in [-0.4, -0.2) is 60.3 Å². The highest BCUT2D eigenvalue weighted by Gasteiger charge is 2.19. The first-order valence-electron chi connectivity index (χ1n) is 8.47. The van der Waals surface area contributed by atoms with Gasteiger partial charge in [-0.1, -0.05) is 6.07 Å². The molecule has 0 saturated carbocycles. The van der Waals surface area contributed by atoms with Crippen LogP contribution in [0, 0.1) is 0 Å². The molecule has 1 fully saturated rings. The van der Waals surface area contributed by atoms with Gasteiger partial charge < -0.3 is 14.6 Å². The minimum absolute atomic E-state index is 0.0510. The number of aromatic nitrogens is 1. The zero-order valence-electron chi connectivity index (χ0n) is 14.8. The van der Waals surface area contributed by atoms with Gasteiger partial charge in [0, 0.05) is 51.7 Å². The summed E-state index contributed by atoms with van der Waals surface area (Å²) in [6, 6.07) is 7.85. The Bertz CT molecular complexity index is 661. The molecule has 6 heteroatoms. The Labute approximate surface area is 148 Å². The molecule has 134 valence electrons. The number of benzene rings is 1. The second kappa shape index (κ2) is 8.18. The Morgan fingerprint density at radius 1 is 0.960 bits per heavy atom. The largest absolute Gasteiger partial charge is 0.502 e. The molecule has 1 saturated heterocycles. The molecule has 0 amide bonds. The van der Waals surface area contributed by atoms with Gasteiger partial charge in [-0.2, -0.15) is 0 Å². The molecule has 6 nitrogen and oxygen atoms in total. The van der Waals surface area contributed by atoms with E-state index in [1.807, 2.05) is 30.6 Å². The van der Waals surface area contributed by atoms with Gasteiger partial charge in [0.05, 0.1) is 14.2 Å². The van der Waals surface area contributed by atoms with Crippen molar-refractivity contribution in [3.8, 4) is 17.2 Å². The number of methoxy groups -OCH3 is 2. The van der Waals surface area contributed by atoms with Crippen molar-refractivity contribution >= 4 is 0 Å². The summed E-state index contributed by atoms with van der Waals surface area (Å²) in [7, 11) is 3.10. The molecule has 3 rings (SSSR count). The van der Waals surface area contributed by atoms with E-state index >= 15 is 0 Å². The van der Waals surface area contributed by atoms with Gasteiger partial charge in [0.25, 0.3) is 0 Å². The number of aromatic hydroxyl groups is 1. The predicted molar refractivity (Wildman–Crippen MR) is 96.0 cm³/mol. The third-order valence-corrected chi connectivity index (χ3v) is 4.54. The summed E-state index contributed by atoms with van der Waals surface area (Å²) < 4.78 is 10.5. The predicted octanol–water partition coefficient (Wildman–Crippen LogP) is 2.12. The average molecular weight is 343 g/mol. The molecule has 2 aromatic rings. The number of rotatable bonds is 6. The summed E-state index contributed by atoms with van der Waals surface area (Å²) in [6.07, 6.45) is 3.74. The number of nitrogens with zero attached hydrogens (tertiary/aromatic N) is 3. The summed E-state index contributed by atoms with van der Waals surface area (Å²) in [4.78, 5) is 9.04. The van der Waals surface area contributed by atoms with Gasteiger partial charge in [-0.05, 0) is 29.3 Å². The van der Waals surface area contributed by atoms with E-state index in [0.29, 0.717) is 11.5 Å². The number of hydrogen-bond donors (Lipinski definition) is 1. The van der Waals surface area contributed by atoms with Crippen molar-refractivity contribution in [2.75, 3.05) is 40.4 Å². The number of ether oxygens (including phenoxy) is 2. The SMILES string of the molecule is COc1cc(CN2CCN(Cc3cccnc3)CC2)cc(OC)c1O. The second-order valence-electron chi connectivity index (χ2n) is 6.26. The highest BCUT2D eigenvalue weighted by Crippen LogP contribution is 2.37. The summed E-state index contributed by atoms with van der Waals surface area (Å²) in [5.74, 6) is 0.948. The van der Waals surface area contributed by atoms with Crippen molar-refractivity contribution in [1.29, 1.82) is 0 Å². The maximum atomic E-state index is 10.0. The summed E-state index contributed by atoms with van der Waals surface area (Å²) >= 11 is 0. The van der Waals surface area contributed by atoms with Crippen LogP contribution in [0.3, 0.4) is 0 Å². The lowest BCUT2D eigenvalue weighted by Gasteiger charge is -2.34. The van der Waals surface area contributed by atoms with Gasteiger partial charge >= 0.3 is 0 Å². The maximum absolute atomic E-state index is 10.0. The lowest BCUT2D eigenvalue weighted by Crippen LogP contribution is -2.45. The molecule has 25 heavy (non-hydrogen) atoms. The molecule has 1 aromatic heterocycles. The molecule has 2 heterocycles. The number of phenols is 1. The fourth-order valence-electron chi connectivity index (χ4n) is 3.15. The van der Waals surface area contributed by atoms with E-state index in [4.69, 9.17) is 9.47 Å². The summed E-state index contributed by atoms with van der Waals surface area (Å²) in [6.45, 7) is 5.83. The highest BCUT2D eigenvalue weighted by atomic mass is 16.5. The van der Waals surface area contributed by atoms with Crippen LogP contribution in [0.25, 0.3) is 0 Å². The summed E-state index contributed by atoms with van der Waals surface area (Å²) in [5.41, 5.74) is 2.33. The Morgan fingerprint density at radius 3 is 2.00 bits per heavy atom. The molecular weight excluding hydrogens is 318 g/mol. The number of piperazine rings is 1. The van der Waals surface area contributed by atoms with E-state index in [1.165, 1.54) is 5.56 Å². The molecular formula is C19H25N3O3. The second-order valence-corrected chi connectivity index (χ2v) is 6.26. The minimum atomic E-state index is 0.0510. The quantitative estimate of drug-likeness (QED) is 0.867. The maximum Gasteiger partial charge on any atom is 0.200 e. The Morgan fingerprint density at radius 2 is 1.52 bits per heavy atom. The van der Waals surface area contributed by atoms with Gasteiger partial charge in [0.1, 0.15) is 0 Å². The van der Waals surface area contributed by atoms with Crippen molar-refractivity contribution in [2.24, 2.45) is 0 Å². The van der Waals surface area contributed by atoms with Crippen LogP contribution >= 0.6 is 0 Å². The summed E-state index contributed by atoms with van der Waals surface area (Å²) in [5, 5.41) is 10.0. The first kappa shape index (κ1) is 17.5. The van der Waals surface area contributed by atoms with Crippen LogP contribution in [0.15, 0.2) is 36.7 Å². The molecule has 0 bridgehead atoms. The van der Waals surface area contributed by atoms with Gasteiger partial charge in [0.2, 0.25) is 5.75 Å². The van der Waals surface area contributed by atoms with Crippen LogP contribution in [0.4, 0.5) is 0 Å². The molecule has 0 radical (unpaired) electrons. The van der Waals surface area contributed by atoms with Crippen molar-refractivity contribution in [2.45, 2.75) is 13.1 Å². The highest BCUT2D eigenvalue weighted by molar-refractivity contribution is 5.52. The van der Waals surface area contributed by atoms with Crippen LogP contribution < -0.4 is 9.47 Å². The van der Waals surface area contributed by atoms with Gasteiger partial charge in [0.15, 0.2) is 11.5 Å². The molecule has 1 aliphatic heterocycles. The standard InChI is InChI=1S/C19H25N3O3/c1-24-17-10-16(11-18(25-2)19(17)23)14-22-8-6-21(7-9-22)13-15-4-3-5-20-12-15/h3-5,10-12,23H,6-9,13-14H2,1-2H3. The Kier molecular flexibility index (Phi) is 5.73. The fourth-order valence-corrected chi connectivity index (χ4v) is 3.15. The van der Waals surface area contributed by atoms with Crippen molar-refractivity contribution < 1.29 is 14.6 Å². The normalized spacial score (nSPS) is 15.9. The van der Waals surface area contributed by atoms with Crippen LogP contribution in [-0.2, 0) is 13.1 Å². The van der Waals surface area contributed by atoms with Crippen LogP contribution in [0.2, 0.25) is 0 Å². The van der Waals surface area contributed by atoms with Gasteiger partial charge in [-0.3, -0.25) is 14.8 Å². The van der Waals surface area contributed by atoms with Crippen LogP contribution in [0.1, 0.15) is 11.1 Å². The number of pyridine rings is 1. The first-order chi connectivity index (χ1) is 12.2. The first-order valence-corrected chi connectivity index (χ1v) is 8.47. The van der Waals surface area contributed by atoms with E-state index in [-0.39, 0.29) is 5.75 Å². The average Bonchev–Trinajstić information content (AvgIpc) is 2.65. The van der Waals surface area contributed by atoms with Crippen molar-refractivity contribution in [3.63, 3.8) is 0 Å². The molecule has 1 aliphatic rings. The number of phenolic OH excluding ortho intramolecular Hbond substituents is 1. The minimum Gasteiger partial charge on any atom is -0.502 e. The van der Waals surface area contributed by atoms with Gasteiger partial charge in [-0.15, -0.1) is 0 Å². The van der Waals surface area contributed by atoms with Crippen molar-refractivity contribution in [1.82, 2.24) is 14.8 Å². The fraction of sp³-hybridized carbons (Fsp3) is 0.421. The third kappa shape index (κ3) is 4.41. The monoisotopic (exact) mass is 343 g/mol. The Balaban J connectivity index is 1.57. The molecule has 0 aliphatic carbocycles. The van der Waals surface area contributed by atoms with E-state index < -0.39 is 0 Å². The zero-order valence-corrected chi connectivity index (χ0v) is 14.8. The van der Waals surface area contributed by atoms with Gasteiger partial charge in [-0.25, -0.2) is 0 Å². The molecule has 0 unspecified atom stereocenters. The lowest BCUT2D eigenvalue weighted by molar-refractivity contribution is 0.122.